The largest absolute Gasteiger partial charge is 0.460 e. The van der Waals surface area contributed by atoms with Crippen LogP contribution in [0, 0.1) is 5.92 Å². The molecule has 1 aliphatic rings. The standard InChI is InChI=1S/C19H26N2O2.ClH/c1-13(18-11-15-9-5-6-10-17(15)23-18)19(22)21-16(12-20)14-7-3-2-4-8-14;/h5-6,9-11,13-14,16H,2-4,7-8,12,20H2,1H3,(H,21,22);1H. The fourth-order valence-electron chi connectivity index (χ4n) is 3.56. The molecule has 0 saturated heterocycles. The van der Waals surface area contributed by atoms with Crippen LogP contribution in [0.4, 0.5) is 0 Å². The van der Waals surface area contributed by atoms with Crippen molar-refractivity contribution in [3.05, 3.63) is 36.1 Å². The predicted octanol–water partition coefficient (Wildman–Crippen LogP) is 3.98. The Morgan fingerprint density at radius 2 is 2.00 bits per heavy atom. The van der Waals surface area contributed by atoms with Crippen LogP contribution in [0.25, 0.3) is 11.0 Å². The van der Waals surface area contributed by atoms with Gasteiger partial charge in [-0.15, -0.1) is 12.4 Å². The van der Waals surface area contributed by atoms with E-state index in [9.17, 15) is 4.79 Å². The van der Waals surface area contributed by atoms with Crippen molar-refractivity contribution in [1.82, 2.24) is 5.32 Å². The molecule has 1 aromatic carbocycles. The summed E-state index contributed by atoms with van der Waals surface area (Å²) in [5, 5.41) is 4.19. The second-order valence-corrected chi connectivity index (χ2v) is 6.66. The Kier molecular flexibility index (Phi) is 6.69. The van der Waals surface area contributed by atoms with E-state index < -0.39 is 0 Å². The maximum absolute atomic E-state index is 12.6. The van der Waals surface area contributed by atoms with E-state index in [2.05, 4.69) is 5.32 Å². The number of carbonyl (C=O) groups is 1. The molecular formula is C19H27ClN2O2. The molecule has 1 saturated carbocycles. The molecule has 0 bridgehead atoms. The van der Waals surface area contributed by atoms with E-state index in [0.29, 0.717) is 18.2 Å². The minimum atomic E-state index is -0.306. The van der Waals surface area contributed by atoms with Crippen LogP contribution in [0.3, 0.4) is 0 Å². The molecule has 3 N–H and O–H groups in total. The molecule has 0 radical (unpaired) electrons. The van der Waals surface area contributed by atoms with Gasteiger partial charge in [0.15, 0.2) is 0 Å². The molecule has 1 fully saturated rings. The first kappa shape index (κ1) is 18.8. The second kappa shape index (κ2) is 8.54. The number of rotatable bonds is 5. The van der Waals surface area contributed by atoms with Crippen molar-refractivity contribution in [2.75, 3.05) is 6.54 Å². The molecule has 1 heterocycles. The molecule has 2 unspecified atom stereocenters. The minimum Gasteiger partial charge on any atom is -0.460 e. The lowest BCUT2D eigenvalue weighted by Gasteiger charge is -2.30. The summed E-state index contributed by atoms with van der Waals surface area (Å²) in [6.07, 6.45) is 6.13. The summed E-state index contributed by atoms with van der Waals surface area (Å²) in [6.45, 7) is 2.39. The van der Waals surface area contributed by atoms with Crippen LogP contribution in [-0.2, 0) is 4.79 Å². The van der Waals surface area contributed by atoms with Crippen molar-refractivity contribution in [3.8, 4) is 0 Å². The van der Waals surface area contributed by atoms with Gasteiger partial charge in [-0.2, -0.15) is 0 Å². The third kappa shape index (κ3) is 4.11. The normalized spacial score (nSPS) is 17.9. The number of nitrogens with one attached hydrogen (secondary N) is 1. The smallest absolute Gasteiger partial charge is 0.230 e. The maximum atomic E-state index is 12.6. The first-order chi connectivity index (χ1) is 11.2. The predicted molar refractivity (Wildman–Crippen MR) is 99.4 cm³/mol. The van der Waals surface area contributed by atoms with Crippen LogP contribution in [0.2, 0.25) is 0 Å². The highest BCUT2D eigenvalue weighted by atomic mass is 35.5. The van der Waals surface area contributed by atoms with Crippen LogP contribution in [0.15, 0.2) is 34.7 Å². The maximum Gasteiger partial charge on any atom is 0.230 e. The lowest BCUT2D eigenvalue weighted by atomic mass is 9.83. The van der Waals surface area contributed by atoms with Crippen molar-refractivity contribution >= 4 is 29.3 Å². The van der Waals surface area contributed by atoms with Crippen LogP contribution >= 0.6 is 12.4 Å². The van der Waals surface area contributed by atoms with Gasteiger partial charge in [0.1, 0.15) is 11.3 Å². The third-order valence-corrected chi connectivity index (χ3v) is 5.07. The lowest BCUT2D eigenvalue weighted by Crippen LogP contribution is -2.47. The first-order valence-corrected chi connectivity index (χ1v) is 8.68. The van der Waals surface area contributed by atoms with Crippen LogP contribution in [-0.4, -0.2) is 18.5 Å². The molecule has 1 aliphatic carbocycles. The Labute approximate surface area is 149 Å². The van der Waals surface area contributed by atoms with E-state index in [-0.39, 0.29) is 30.3 Å². The van der Waals surface area contributed by atoms with Gasteiger partial charge < -0.3 is 15.5 Å². The zero-order valence-corrected chi connectivity index (χ0v) is 15.0. The van der Waals surface area contributed by atoms with Gasteiger partial charge in [0, 0.05) is 18.0 Å². The van der Waals surface area contributed by atoms with Crippen molar-refractivity contribution in [2.45, 2.75) is 51.0 Å². The first-order valence-electron chi connectivity index (χ1n) is 8.68. The van der Waals surface area contributed by atoms with Gasteiger partial charge in [0.25, 0.3) is 0 Å². The molecule has 5 heteroatoms. The lowest BCUT2D eigenvalue weighted by molar-refractivity contribution is -0.123. The molecule has 24 heavy (non-hydrogen) atoms. The highest BCUT2D eigenvalue weighted by Crippen LogP contribution is 2.28. The molecule has 1 amide bonds. The summed E-state index contributed by atoms with van der Waals surface area (Å²) in [5.41, 5.74) is 6.74. The number of halogens is 1. The zero-order chi connectivity index (χ0) is 16.2. The van der Waals surface area contributed by atoms with E-state index in [1.807, 2.05) is 37.3 Å². The summed E-state index contributed by atoms with van der Waals surface area (Å²) in [4.78, 5) is 12.6. The number of carbonyl (C=O) groups excluding carboxylic acids is 1. The van der Waals surface area contributed by atoms with Crippen molar-refractivity contribution in [3.63, 3.8) is 0 Å². The summed E-state index contributed by atoms with van der Waals surface area (Å²) < 4.78 is 5.82. The number of hydrogen-bond donors (Lipinski definition) is 2. The molecular weight excluding hydrogens is 324 g/mol. The van der Waals surface area contributed by atoms with Gasteiger partial charge in [0.2, 0.25) is 5.91 Å². The highest BCUT2D eigenvalue weighted by Gasteiger charge is 2.27. The summed E-state index contributed by atoms with van der Waals surface area (Å²) in [5.74, 6) is 0.925. The number of benzene rings is 1. The van der Waals surface area contributed by atoms with E-state index in [4.69, 9.17) is 10.2 Å². The molecule has 1 aromatic heterocycles. The van der Waals surface area contributed by atoms with E-state index in [1.54, 1.807) is 0 Å². The van der Waals surface area contributed by atoms with Gasteiger partial charge in [-0.25, -0.2) is 0 Å². The SMILES string of the molecule is CC(C(=O)NC(CN)C1CCCCC1)c1cc2ccccc2o1.Cl. The Balaban J connectivity index is 0.00000208. The summed E-state index contributed by atoms with van der Waals surface area (Å²) in [6, 6.07) is 9.87. The fraction of sp³-hybridized carbons (Fsp3) is 0.526. The Morgan fingerprint density at radius 1 is 1.29 bits per heavy atom. The second-order valence-electron chi connectivity index (χ2n) is 6.66. The van der Waals surface area contributed by atoms with E-state index in [0.717, 1.165) is 11.0 Å². The van der Waals surface area contributed by atoms with Gasteiger partial charge in [-0.05, 0) is 37.8 Å². The molecule has 2 aromatic rings. The number of fused-ring (bicyclic) bond motifs is 1. The summed E-state index contributed by atoms with van der Waals surface area (Å²) >= 11 is 0. The average Bonchev–Trinajstić information content (AvgIpc) is 3.03. The number of furan rings is 1. The molecule has 2 atom stereocenters. The average molecular weight is 351 g/mol. The molecule has 4 nitrogen and oxygen atoms in total. The number of hydrogen-bond acceptors (Lipinski definition) is 3. The number of amides is 1. The molecule has 132 valence electrons. The minimum absolute atomic E-state index is 0. The number of para-hydroxylation sites is 1. The molecule has 0 spiro atoms. The van der Waals surface area contributed by atoms with Crippen molar-refractivity contribution < 1.29 is 9.21 Å². The van der Waals surface area contributed by atoms with Crippen LogP contribution < -0.4 is 11.1 Å². The molecule has 0 aliphatic heterocycles. The third-order valence-electron chi connectivity index (χ3n) is 5.07. The molecule has 3 rings (SSSR count). The van der Waals surface area contributed by atoms with E-state index in [1.165, 1.54) is 32.1 Å². The van der Waals surface area contributed by atoms with E-state index >= 15 is 0 Å². The van der Waals surface area contributed by atoms with Crippen molar-refractivity contribution in [1.29, 1.82) is 0 Å². The Morgan fingerprint density at radius 3 is 2.67 bits per heavy atom. The van der Waals surface area contributed by atoms with Gasteiger partial charge >= 0.3 is 0 Å². The quantitative estimate of drug-likeness (QED) is 0.856. The Bertz CT molecular complexity index is 631. The number of nitrogens with two attached hydrogens (primary N) is 1. The topological polar surface area (TPSA) is 68.3 Å². The zero-order valence-electron chi connectivity index (χ0n) is 14.2. The fourth-order valence-corrected chi connectivity index (χ4v) is 3.56. The van der Waals surface area contributed by atoms with Crippen molar-refractivity contribution in [2.24, 2.45) is 11.7 Å². The monoisotopic (exact) mass is 350 g/mol. The van der Waals surface area contributed by atoms with Gasteiger partial charge in [0.05, 0.1) is 5.92 Å². The highest BCUT2D eigenvalue weighted by molar-refractivity contribution is 5.86. The van der Waals surface area contributed by atoms with Gasteiger partial charge in [-0.3, -0.25) is 4.79 Å². The Hall–Kier alpha value is -1.52. The van der Waals surface area contributed by atoms with Crippen LogP contribution in [0.1, 0.15) is 50.7 Å². The summed E-state index contributed by atoms with van der Waals surface area (Å²) in [7, 11) is 0. The van der Waals surface area contributed by atoms with Crippen LogP contribution in [0.5, 0.6) is 0 Å². The van der Waals surface area contributed by atoms with Gasteiger partial charge in [-0.1, -0.05) is 37.5 Å².